The third kappa shape index (κ3) is 2.89. The Labute approximate surface area is 170 Å². The Morgan fingerprint density at radius 2 is 1.81 bits per heavy atom. The Hall–Kier alpha value is -2.12. The molecule has 5 rings (SSSR count). The minimum atomic E-state index is 0.468. The molecular formula is C26H23Br. The molecule has 1 atom stereocenters. The van der Waals surface area contributed by atoms with Gasteiger partial charge in [0.05, 0.1) is 0 Å². The molecule has 1 heteroatoms. The van der Waals surface area contributed by atoms with Gasteiger partial charge in [-0.1, -0.05) is 70.9 Å². The molecule has 134 valence electrons. The number of allylic oxidation sites excluding steroid dienone is 6. The van der Waals surface area contributed by atoms with E-state index in [1.54, 1.807) is 11.1 Å². The van der Waals surface area contributed by atoms with Crippen LogP contribution in [0.1, 0.15) is 54.9 Å². The fraction of sp³-hybridized carbons (Fsp3) is 0.231. The van der Waals surface area contributed by atoms with Gasteiger partial charge in [-0.3, -0.25) is 0 Å². The molecule has 0 nitrogen and oxygen atoms in total. The average molecular weight is 415 g/mol. The van der Waals surface area contributed by atoms with Gasteiger partial charge in [0.15, 0.2) is 0 Å². The SMILES string of the molecule is CC1=C(CCC2=Cc3ccccc3C2)C2=Cc3cc(Br)ccc3C(C)C2=C1. The predicted octanol–water partition coefficient (Wildman–Crippen LogP) is 7.63. The summed E-state index contributed by atoms with van der Waals surface area (Å²) >= 11 is 3.64. The molecule has 0 spiro atoms. The number of fused-ring (bicyclic) bond motifs is 3. The van der Waals surface area contributed by atoms with Gasteiger partial charge >= 0.3 is 0 Å². The summed E-state index contributed by atoms with van der Waals surface area (Å²) < 4.78 is 1.16. The van der Waals surface area contributed by atoms with Crippen molar-refractivity contribution in [1.29, 1.82) is 0 Å². The second kappa shape index (κ2) is 6.49. The number of benzene rings is 2. The highest BCUT2D eigenvalue weighted by Crippen LogP contribution is 2.47. The van der Waals surface area contributed by atoms with Crippen LogP contribution in [0, 0.1) is 0 Å². The van der Waals surface area contributed by atoms with Crippen LogP contribution in [0.2, 0.25) is 0 Å². The molecule has 0 saturated carbocycles. The van der Waals surface area contributed by atoms with E-state index in [1.165, 1.54) is 39.0 Å². The monoisotopic (exact) mass is 414 g/mol. The van der Waals surface area contributed by atoms with Crippen molar-refractivity contribution >= 4 is 28.1 Å². The number of hydrogen-bond donors (Lipinski definition) is 0. The van der Waals surface area contributed by atoms with E-state index in [2.05, 4.69) is 90.5 Å². The Morgan fingerprint density at radius 3 is 2.67 bits per heavy atom. The lowest BCUT2D eigenvalue weighted by atomic mass is 9.79. The van der Waals surface area contributed by atoms with Gasteiger partial charge in [-0.25, -0.2) is 0 Å². The van der Waals surface area contributed by atoms with E-state index in [4.69, 9.17) is 0 Å². The summed E-state index contributed by atoms with van der Waals surface area (Å²) in [5.41, 5.74) is 13.2. The Kier molecular flexibility index (Phi) is 4.09. The molecule has 0 bridgehead atoms. The van der Waals surface area contributed by atoms with Gasteiger partial charge in [0.2, 0.25) is 0 Å². The Balaban J connectivity index is 1.41. The lowest BCUT2D eigenvalue weighted by molar-refractivity contribution is 0.874. The van der Waals surface area contributed by atoms with Gasteiger partial charge in [0, 0.05) is 10.4 Å². The van der Waals surface area contributed by atoms with Crippen LogP contribution in [0.3, 0.4) is 0 Å². The van der Waals surface area contributed by atoms with E-state index in [0.29, 0.717) is 5.92 Å². The van der Waals surface area contributed by atoms with Crippen LogP contribution < -0.4 is 0 Å². The maximum atomic E-state index is 3.64. The molecule has 0 heterocycles. The van der Waals surface area contributed by atoms with E-state index in [1.807, 2.05) is 0 Å². The largest absolute Gasteiger partial charge is 0.0649 e. The van der Waals surface area contributed by atoms with Gasteiger partial charge in [0.1, 0.15) is 0 Å². The molecule has 1 unspecified atom stereocenters. The molecule has 2 aromatic carbocycles. The molecule has 0 N–H and O–H groups in total. The van der Waals surface area contributed by atoms with Crippen molar-refractivity contribution in [2.45, 2.75) is 39.0 Å². The summed E-state index contributed by atoms with van der Waals surface area (Å²) in [6.07, 6.45) is 10.6. The zero-order chi connectivity index (χ0) is 18.5. The van der Waals surface area contributed by atoms with Crippen LogP contribution in [-0.2, 0) is 6.42 Å². The van der Waals surface area contributed by atoms with Crippen LogP contribution in [0.4, 0.5) is 0 Å². The summed E-state index contributed by atoms with van der Waals surface area (Å²) in [4.78, 5) is 0. The van der Waals surface area contributed by atoms with Gasteiger partial charge in [-0.05, 0) is 88.9 Å². The second-order valence-electron chi connectivity index (χ2n) is 7.99. The lowest BCUT2D eigenvalue weighted by Gasteiger charge is -2.25. The smallest absolute Gasteiger partial charge is 0.0181 e. The topological polar surface area (TPSA) is 0 Å². The summed E-state index contributed by atoms with van der Waals surface area (Å²) in [5.74, 6) is 0.468. The highest BCUT2D eigenvalue weighted by atomic mass is 79.9. The first-order valence-corrected chi connectivity index (χ1v) is 10.6. The molecule has 27 heavy (non-hydrogen) atoms. The predicted molar refractivity (Wildman–Crippen MR) is 119 cm³/mol. The fourth-order valence-electron chi connectivity index (χ4n) is 4.83. The number of rotatable bonds is 3. The molecule has 3 aliphatic rings. The highest BCUT2D eigenvalue weighted by molar-refractivity contribution is 9.10. The van der Waals surface area contributed by atoms with E-state index in [-0.39, 0.29) is 0 Å². The fourth-order valence-corrected chi connectivity index (χ4v) is 5.21. The van der Waals surface area contributed by atoms with Crippen molar-refractivity contribution in [3.8, 4) is 0 Å². The van der Waals surface area contributed by atoms with Crippen molar-refractivity contribution in [2.24, 2.45) is 0 Å². The summed E-state index contributed by atoms with van der Waals surface area (Å²) in [7, 11) is 0. The van der Waals surface area contributed by atoms with E-state index in [9.17, 15) is 0 Å². The standard InChI is InChI=1S/C26H23Br/c1-16-11-25-17(2)24-10-8-22(27)14-21(24)15-26(25)23(16)9-7-18-12-19-5-3-4-6-20(19)13-18/h3-6,8,10-12,14-15,17H,7,9,13H2,1-2H3. The molecule has 0 aliphatic heterocycles. The normalized spacial score (nSPS) is 20.0. The zero-order valence-electron chi connectivity index (χ0n) is 15.9. The summed E-state index contributed by atoms with van der Waals surface area (Å²) in [5, 5.41) is 0. The first-order chi connectivity index (χ1) is 13.1. The van der Waals surface area contributed by atoms with Crippen molar-refractivity contribution < 1.29 is 0 Å². The van der Waals surface area contributed by atoms with E-state index >= 15 is 0 Å². The molecule has 0 fully saturated rings. The maximum absolute atomic E-state index is 3.64. The van der Waals surface area contributed by atoms with Crippen molar-refractivity contribution in [1.82, 2.24) is 0 Å². The molecule has 2 aromatic rings. The second-order valence-corrected chi connectivity index (χ2v) is 8.91. The minimum Gasteiger partial charge on any atom is -0.0649 e. The van der Waals surface area contributed by atoms with Crippen molar-refractivity contribution in [2.75, 3.05) is 0 Å². The summed E-state index contributed by atoms with van der Waals surface area (Å²) in [6, 6.07) is 15.5. The van der Waals surface area contributed by atoms with Crippen LogP contribution in [0.25, 0.3) is 12.2 Å². The van der Waals surface area contributed by atoms with Gasteiger partial charge in [-0.2, -0.15) is 0 Å². The third-order valence-electron chi connectivity index (χ3n) is 6.29. The minimum absolute atomic E-state index is 0.468. The van der Waals surface area contributed by atoms with Crippen LogP contribution in [0.15, 0.2) is 80.9 Å². The molecule has 3 aliphatic carbocycles. The first-order valence-electron chi connectivity index (χ1n) is 9.81. The molecular weight excluding hydrogens is 392 g/mol. The zero-order valence-corrected chi connectivity index (χ0v) is 17.4. The molecule has 0 saturated heterocycles. The Morgan fingerprint density at radius 1 is 0.963 bits per heavy atom. The molecule has 0 amide bonds. The average Bonchev–Trinajstić information content (AvgIpc) is 3.20. The van der Waals surface area contributed by atoms with Gasteiger partial charge in [0.25, 0.3) is 0 Å². The number of hydrogen-bond acceptors (Lipinski definition) is 0. The van der Waals surface area contributed by atoms with Crippen LogP contribution in [0.5, 0.6) is 0 Å². The third-order valence-corrected chi connectivity index (χ3v) is 6.79. The van der Waals surface area contributed by atoms with Crippen LogP contribution >= 0.6 is 15.9 Å². The molecule has 0 aromatic heterocycles. The van der Waals surface area contributed by atoms with E-state index < -0.39 is 0 Å². The lowest BCUT2D eigenvalue weighted by Crippen LogP contribution is -2.07. The van der Waals surface area contributed by atoms with Crippen molar-refractivity contribution in [3.63, 3.8) is 0 Å². The van der Waals surface area contributed by atoms with Crippen molar-refractivity contribution in [3.05, 3.63) is 103 Å². The summed E-state index contributed by atoms with van der Waals surface area (Å²) in [6.45, 7) is 4.63. The highest BCUT2D eigenvalue weighted by Gasteiger charge is 2.29. The Bertz CT molecular complexity index is 1080. The molecule has 0 radical (unpaired) electrons. The number of halogens is 1. The van der Waals surface area contributed by atoms with Gasteiger partial charge < -0.3 is 0 Å². The quantitative estimate of drug-likeness (QED) is 0.484. The van der Waals surface area contributed by atoms with E-state index in [0.717, 1.165) is 23.7 Å². The first kappa shape index (κ1) is 17.0. The maximum Gasteiger partial charge on any atom is 0.0181 e. The van der Waals surface area contributed by atoms with Gasteiger partial charge in [-0.15, -0.1) is 0 Å². The van der Waals surface area contributed by atoms with Crippen LogP contribution in [-0.4, -0.2) is 0 Å².